The predicted octanol–water partition coefficient (Wildman–Crippen LogP) is -0.364. The van der Waals surface area contributed by atoms with Crippen molar-refractivity contribution < 1.29 is 9.59 Å². The Bertz CT molecular complexity index is 828. The van der Waals surface area contributed by atoms with Gasteiger partial charge in [0.1, 0.15) is 6.04 Å². The average Bonchev–Trinajstić information content (AvgIpc) is 3.06. The molecular formula is C14H12N4O3. The van der Waals surface area contributed by atoms with Crippen molar-refractivity contribution in [2.45, 2.75) is 18.5 Å². The minimum Gasteiger partial charge on any atom is -0.350 e. The standard InChI is InChI=1S/C14H12N4O3/c19-12-9-4-2-1-3-8(9)11(16-17-12)14(21)18-6-7-5-10(18)13(20)15-7/h1-4,7,10H,5-6H2,(H,15,20)(H,17,19)/t7-,10-/m0/s1. The van der Waals surface area contributed by atoms with Crippen LogP contribution >= 0.6 is 0 Å². The molecule has 0 aliphatic carbocycles. The van der Waals surface area contributed by atoms with Gasteiger partial charge in [0, 0.05) is 18.0 Å². The molecular weight excluding hydrogens is 272 g/mol. The van der Waals surface area contributed by atoms with Crippen molar-refractivity contribution in [1.82, 2.24) is 20.4 Å². The van der Waals surface area contributed by atoms with Gasteiger partial charge in [0.15, 0.2) is 5.69 Å². The molecule has 3 heterocycles. The van der Waals surface area contributed by atoms with Crippen molar-refractivity contribution in [2.75, 3.05) is 6.54 Å². The lowest BCUT2D eigenvalue weighted by Crippen LogP contribution is -2.50. The minimum atomic E-state index is -0.421. The third kappa shape index (κ3) is 1.67. The molecule has 7 heteroatoms. The van der Waals surface area contributed by atoms with E-state index in [2.05, 4.69) is 15.5 Å². The van der Waals surface area contributed by atoms with Gasteiger partial charge in [-0.25, -0.2) is 5.10 Å². The molecule has 2 N–H and O–H groups in total. The monoisotopic (exact) mass is 284 g/mol. The molecule has 2 aliphatic rings. The highest BCUT2D eigenvalue weighted by Crippen LogP contribution is 2.26. The molecule has 1 aromatic carbocycles. The zero-order chi connectivity index (χ0) is 14.6. The normalized spacial score (nSPS) is 23.6. The van der Waals surface area contributed by atoms with Crippen LogP contribution in [-0.4, -0.2) is 45.5 Å². The first-order chi connectivity index (χ1) is 10.1. The lowest BCUT2D eigenvalue weighted by Gasteiger charge is -2.26. The van der Waals surface area contributed by atoms with E-state index in [1.165, 1.54) is 4.90 Å². The Morgan fingerprint density at radius 2 is 2.00 bits per heavy atom. The van der Waals surface area contributed by atoms with E-state index in [1.54, 1.807) is 24.3 Å². The third-order valence-corrected chi connectivity index (χ3v) is 4.11. The number of benzene rings is 1. The van der Waals surface area contributed by atoms with E-state index in [0.29, 0.717) is 23.7 Å². The maximum atomic E-state index is 12.7. The first kappa shape index (κ1) is 12.1. The topological polar surface area (TPSA) is 95.2 Å². The van der Waals surface area contributed by atoms with Crippen molar-refractivity contribution in [2.24, 2.45) is 0 Å². The van der Waals surface area contributed by atoms with Gasteiger partial charge >= 0.3 is 0 Å². The maximum absolute atomic E-state index is 12.7. The molecule has 0 saturated carbocycles. The number of aromatic nitrogens is 2. The van der Waals surface area contributed by atoms with Crippen molar-refractivity contribution in [3.05, 3.63) is 40.3 Å². The Hall–Kier alpha value is -2.70. The van der Waals surface area contributed by atoms with Crippen LogP contribution in [0.1, 0.15) is 16.9 Å². The van der Waals surface area contributed by atoms with Crippen molar-refractivity contribution in [3.8, 4) is 0 Å². The smallest absolute Gasteiger partial charge is 0.275 e. The second-order valence-corrected chi connectivity index (χ2v) is 5.36. The lowest BCUT2D eigenvalue weighted by atomic mass is 10.1. The summed E-state index contributed by atoms with van der Waals surface area (Å²) in [6.07, 6.45) is 0.645. The lowest BCUT2D eigenvalue weighted by molar-refractivity contribution is -0.124. The molecule has 0 spiro atoms. The highest BCUT2D eigenvalue weighted by molar-refractivity contribution is 6.06. The van der Waals surface area contributed by atoms with E-state index in [1.807, 2.05) is 0 Å². The van der Waals surface area contributed by atoms with Gasteiger partial charge in [-0.3, -0.25) is 14.4 Å². The highest BCUT2D eigenvalue weighted by atomic mass is 16.2. The number of hydrogen-bond donors (Lipinski definition) is 2. The van der Waals surface area contributed by atoms with Crippen molar-refractivity contribution in [1.29, 1.82) is 0 Å². The summed E-state index contributed by atoms with van der Waals surface area (Å²) < 4.78 is 0. The van der Waals surface area contributed by atoms with Gasteiger partial charge in [-0.05, 0) is 12.5 Å². The first-order valence-corrected chi connectivity index (χ1v) is 6.74. The summed E-state index contributed by atoms with van der Waals surface area (Å²) in [6.45, 7) is 0.490. The number of rotatable bonds is 1. The summed E-state index contributed by atoms with van der Waals surface area (Å²) in [5.74, 6) is -0.432. The van der Waals surface area contributed by atoms with Gasteiger partial charge in [0.25, 0.3) is 11.5 Å². The summed E-state index contributed by atoms with van der Waals surface area (Å²) in [7, 11) is 0. The molecule has 21 heavy (non-hydrogen) atoms. The van der Waals surface area contributed by atoms with Gasteiger partial charge < -0.3 is 10.2 Å². The second kappa shape index (κ2) is 4.15. The fraction of sp³-hybridized carbons (Fsp3) is 0.286. The number of hydrogen-bond acceptors (Lipinski definition) is 4. The van der Waals surface area contributed by atoms with Gasteiger partial charge in [-0.2, -0.15) is 5.10 Å². The molecule has 7 nitrogen and oxygen atoms in total. The number of piperazine rings is 1. The predicted molar refractivity (Wildman–Crippen MR) is 73.7 cm³/mol. The number of amides is 2. The number of nitrogens with one attached hydrogen (secondary N) is 2. The number of nitrogens with zero attached hydrogens (tertiary/aromatic N) is 2. The van der Waals surface area contributed by atoms with E-state index < -0.39 is 6.04 Å². The summed E-state index contributed by atoms with van der Waals surface area (Å²) >= 11 is 0. The van der Waals surface area contributed by atoms with Gasteiger partial charge in [0.05, 0.1) is 5.39 Å². The van der Waals surface area contributed by atoms with Crippen LogP contribution in [0.25, 0.3) is 10.8 Å². The van der Waals surface area contributed by atoms with Crippen LogP contribution in [0, 0.1) is 0 Å². The molecule has 2 saturated heterocycles. The van der Waals surface area contributed by atoms with Gasteiger partial charge in [-0.1, -0.05) is 18.2 Å². The van der Waals surface area contributed by atoms with E-state index in [-0.39, 0.29) is 29.1 Å². The Balaban J connectivity index is 1.81. The quantitative estimate of drug-likeness (QED) is 0.747. The Morgan fingerprint density at radius 1 is 1.24 bits per heavy atom. The fourth-order valence-corrected chi connectivity index (χ4v) is 3.12. The molecule has 2 amide bonds. The summed E-state index contributed by atoms with van der Waals surface area (Å²) in [5.41, 5.74) is -0.145. The second-order valence-electron chi connectivity index (χ2n) is 5.36. The molecule has 2 atom stereocenters. The third-order valence-electron chi connectivity index (χ3n) is 4.11. The van der Waals surface area contributed by atoms with Crippen LogP contribution < -0.4 is 10.9 Å². The van der Waals surface area contributed by atoms with E-state index in [0.717, 1.165) is 0 Å². The molecule has 2 bridgehead atoms. The number of likely N-dealkylation sites (tertiary alicyclic amines) is 1. The number of H-pyrrole nitrogens is 1. The zero-order valence-corrected chi connectivity index (χ0v) is 11.0. The van der Waals surface area contributed by atoms with Crippen LogP contribution in [0.15, 0.2) is 29.1 Å². The van der Waals surface area contributed by atoms with Crippen LogP contribution in [0.5, 0.6) is 0 Å². The fourth-order valence-electron chi connectivity index (χ4n) is 3.12. The number of carbonyl (C=O) groups excluding carboxylic acids is 2. The van der Waals surface area contributed by atoms with E-state index in [4.69, 9.17) is 0 Å². The molecule has 2 aliphatic heterocycles. The van der Waals surface area contributed by atoms with Crippen LogP contribution in [0.4, 0.5) is 0 Å². The summed E-state index contributed by atoms with van der Waals surface area (Å²) in [4.78, 5) is 37.7. The van der Waals surface area contributed by atoms with Crippen LogP contribution in [-0.2, 0) is 4.79 Å². The number of fused-ring (bicyclic) bond motifs is 3. The molecule has 0 unspecified atom stereocenters. The average molecular weight is 284 g/mol. The molecule has 1 aromatic heterocycles. The molecule has 4 rings (SSSR count). The van der Waals surface area contributed by atoms with Crippen LogP contribution in [0.3, 0.4) is 0 Å². The summed E-state index contributed by atoms with van der Waals surface area (Å²) in [6, 6.07) is 6.44. The number of carbonyl (C=O) groups is 2. The first-order valence-electron chi connectivity index (χ1n) is 6.74. The molecule has 2 fully saturated rings. The zero-order valence-electron chi connectivity index (χ0n) is 11.0. The molecule has 0 radical (unpaired) electrons. The SMILES string of the molecule is O=C1N[C@H]2C[C@@H]1N(C(=O)c1n[nH]c(=O)c3ccccc13)C2. The number of aromatic amines is 1. The van der Waals surface area contributed by atoms with Gasteiger partial charge in [0.2, 0.25) is 5.91 Å². The minimum absolute atomic E-state index is 0.0282. The summed E-state index contributed by atoms with van der Waals surface area (Å²) in [5, 5.41) is 10.0. The Morgan fingerprint density at radius 3 is 2.71 bits per heavy atom. The Labute approximate surface area is 118 Å². The Kier molecular flexibility index (Phi) is 2.38. The maximum Gasteiger partial charge on any atom is 0.275 e. The van der Waals surface area contributed by atoms with Crippen molar-refractivity contribution >= 4 is 22.6 Å². The van der Waals surface area contributed by atoms with Gasteiger partial charge in [-0.15, -0.1) is 0 Å². The van der Waals surface area contributed by atoms with E-state index in [9.17, 15) is 14.4 Å². The largest absolute Gasteiger partial charge is 0.350 e. The van der Waals surface area contributed by atoms with Crippen LogP contribution in [0.2, 0.25) is 0 Å². The van der Waals surface area contributed by atoms with E-state index >= 15 is 0 Å². The van der Waals surface area contributed by atoms with Crippen molar-refractivity contribution in [3.63, 3.8) is 0 Å². The molecule has 106 valence electrons. The highest BCUT2D eigenvalue weighted by Gasteiger charge is 2.46. The molecule has 2 aromatic rings.